The van der Waals surface area contributed by atoms with E-state index in [1.807, 2.05) is 0 Å². The molecule has 0 aliphatic carbocycles. The third-order valence-electron chi connectivity index (χ3n) is 8.85. The van der Waals surface area contributed by atoms with E-state index < -0.39 is 0 Å². The Morgan fingerprint density at radius 3 is 1.23 bits per heavy atom. The Morgan fingerprint density at radius 1 is 0.436 bits per heavy atom. The first kappa shape index (κ1) is 36.2. The molecule has 2 nitrogen and oxygen atoms in total. The van der Waals surface area contributed by atoms with Crippen LogP contribution >= 0.6 is 0 Å². The topological polar surface area (TPSA) is 8.81 Å². The molecule has 0 saturated heterocycles. The molecule has 0 amide bonds. The van der Waals surface area contributed by atoms with Gasteiger partial charge in [0.2, 0.25) is 0 Å². The molecule has 1 rings (SSSR count). The zero-order chi connectivity index (χ0) is 28.1. The molecule has 0 atom stereocenters. The second-order valence-corrected chi connectivity index (χ2v) is 12.7. The minimum atomic E-state index is 1.23. The second kappa shape index (κ2) is 28.7. The first-order valence-corrected chi connectivity index (χ1v) is 18.4. The van der Waals surface area contributed by atoms with Crippen LogP contribution in [0, 0.1) is 0 Å². The maximum absolute atomic E-state index is 2.63. The molecule has 2 heteroatoms. The van der Waals surface area contributed by atoms with E-state index in [2.05, 4.69) is 42.3 Å². The number of hydrogen-bond donors (Lipinski definition) is 0. The first-order chi connectivity index (χ1) is 19.3. The lowest BCUT2D eigenvalue weighted by molar-refractivity contribution is -0.704. The van der Waals surface area contributed by atoms with Crippen LogP contribution in [0.4, 0.5) is 0 Å². The maximum Gasteiger partial charge on any atom is 0.256 e. The van der Waals surface area contributed by atoms with Gasteiger partial charge in [0, 0.05) is 6.42 Å². The van der Waals surface area contributed by atoms with Crippen LogP contribution in [0.5, 0.6) is 0 Å². The van der Waals surface area contributed by atoms with Gasteiger partial charge in [-0.15, -0.1) is 0 Å². The highest BCUT2D eigenvalue weighted by atomic mass is 15.1. The van der Waals surface area contributed by atoms with Crippen LogP contribution < -0.4 is 4.57 Å². The van der Waals surface area contributed by atoms with Crippen molar-refractivity contribution in [2.75, 3.05) is 0 Å². The molecular formula is C37H73N2+. The Kier molecular flexibility index (Phi) is 26.7. The lowest BCUT2D eigenvalue weighted by Gasteiger charge is -2.07. The summed E-state index contributed by atoms with van der Waals surface area (Å²) in [6, 6.07) is 0. The molecule has 39 heavy (non-hydrogen) atoms. The predicted molar refractivity (Wildman–Crippen MR) is 175 cm³/mol. The smallest absolute Gasteiger partial charge is 0.234 e. The van der Waals surface area contributed by atoms with Gasteiger partial charge in [-0.3, -0.25) is 0 Å². The van der Waals surface area contributed by atoms with Crippen LogP contribution in [0.15, 0.2) is 12.4 Å². The minimum absolute atomic E-state index is 1.23. The minimum Gasteiger partial charge on any atom is -0.234 e. The third-order valence-corrected chi connectivity index (χ3v) is 8.85. The SMILES string of the molecule is CCCCCCCCCCCCCn1cc[n+](CCCCCCCCCCC)c1CCCCCCCCCC. The van der Waals surface area contributed by atoms with Gasteiger partial charge in [-0.2, -0.15) is 0 Å². The largest absolute Gasteiger partial charge is 0.256 e. The van der Waals surface area contributed by atoms with E-state index in [4.69, 9.17) is 0 Å². The molecule has 0 N–H and O–H groups in total. The molecule has 0 aliphatic heterocycles. The fourth-order valence-corrected chi connectivity index (χ4v) is 6.15. The van der Waals surface area contributed by atoms with Crippen molar-refractivity contribution < 1.29 is 4.57 Å². The Morgan fingerprint density at radius 2 is 0.795 bits per heavy atom. The summed E-state index contributed by atoms with van der Waals surface area (Å²) in [6.07, 6.45) is 45.9. The number of rotatable bonds is 31. The van der Waals surface area contributed by atoms with Crippen molar-refractivity contribution in [1.29, 1.82) is 0 Å². The summed E-state index contributed by atoms with van der Waals surface area (Å²) in [4.78, 5) is 0. The third kappa shape index (κ3) is 21.6. The normalized spacial score (nSPS) is 11.6. The van der Waals surface area contributed by atoms with E-state index in [1.165, 1.54) is 199 Å². The van der Waals surface area contributed by atoms with Gasteiger partial charge in [0.05, 0.1) is 13.1 Å². The van der Waals surface area contributed by atoms with Crippen LogP contribution in [0.3, 0.4) is 0 Å². The summed E-state index contributed by atoms with van der Waals surface area (Å²) in [7, 11) is 0. The summed E-state index contributed by atoms with van der Waals surface area (Å²) >= 11 is 0. The summed E-state index contributed by atoms with van der Waals surface area (Å²) in [6.45, 7) is 9.40. The van der Waals surface area contributed by atoms with E-state index >= 15 is 0 Å². The second-order valence-electron chi connectivity index (χ2n) is 12.7. The van der Waals surface area contributed by atoms with Crippen LogP contribution in [0.2, 0.25) is 0 Å². The van der Waals surface area contributed by atoms with Crippen molar-refractivity contribution in [2.24, 2.45) is 0 Å². The first-order valence-electron chi connectivity index (χ1n) is 18.4. The summed E-state index contributed by atoms with van der Waals surface area (Å²) in [5, 5.41) is 0. The van der Waals surface area contributed by atoms with E-state index in [0.29, 0.717) is 0 Å². The van der Waals surface area contributed by atoms with Crippen molar-refractivity contribution in [3.8, 4) is 0 Å². The fourth-order valence-electron chi connectivity index (χ4n) is 6.15. The molecule has 0 saturated carbocycles. The molecule has 0 spiro atoms. The average molecular weight is 546 g/mol. The maximum atomic E-state index is 2.63. The van der Waals surface area contributed by atoms with Gasteiger partial charge in [0.15, 0.2) is 0 Å². The molecule has 0 aromatic carbocycles. The Balaban J connectivity index is 2.32. The van der Waals surface area contributed by atoms with Crippen molar-refractivity contribution in [2.45, 2.75) is 220 Å². The molecule has 0 bridgehead atoms. The van der Waals surface area contributed by atoms with Gasteiger partial charge in [0.1, 0.15) is 12.4 Å². The zero-order valence-corrected chi connectivity index (χ0v) is 27.5. The zero-order valence-electron chi connectivity index (χ0n) is 27.5. The molecule has 0 unspecified atom stereocenters. The molecule has 0 aliphatic rings. The van der Waals surface area contributed by atoms with Gasteiger partial charge in [0.25, 0.3) is 5.82 Å². The van der Waals surface area contributed by atoms with Crippen molar-refractivity contribution in [3.63, 3.8) is 0 Å². The number of aryl methyl sites for hydroxylation is 2. The average Bonchev–Trinajstić information content (AvgIpc) is 3.33. The summed E-state index contributed by atoms with van der Waals surface area (Å²) in [5.74, 6) is 1.62. The molecule has 1 heterocycles. The van der Waals surface area contributed by atoms with Gasteiger partial charge >= 0.3 is 0 Å². The van der Waals surface area contributed by atoms with Gasteiger partial charge < -0.3 is 0 Å². The van der Waals surface area contributed by atoms with Crippen LogP contribution in [0.1, 0.15) is 206 Å². The van der Waals surface area contributed by atoms with Crippen molar-refractivity contribution in [1.82, 2.24) is 4.57 Å². The van der Waals surface area contributed by atoms with Gasteiger partial charge in [-0.25, -0.2) is 9.13 Å². The molecule has 1 aromatic rings. The molecule has 230 valence electrons. The Labute approximate surface area is 247 Å². The van der Waals surface area contributed by atoms with Crippen molar-refractivity contribution >= 4 is 0 Å². The van der Waals surface area contributed by atoms with Crippen LogP contribution in [-0.2, 0) is 19.5 Å². The van der Waals surface area contributed by atoms with E-state index in [1.54, 1.807) is 5.82 Å². The molecule has 1 aromatic heterocycles. The highest BCUT2D eigenvalue weighted by molar-refractivity contribution is 4.84. The van der Waals surface area contributed by atoms with E-state index in [0.717, 1.165) is 0 Å². The van der Waals surface area contributed by atoms with E-state index in [-0.39, 0.29) is 0 Å². The van der Waals surface area contributed by atoms with Crippen LogP contribution in [0.25, 0.3) is 0 Å². The molecule has 0 fully saturated rings. The molecule has 0 radical (unpaired) electrons. The monoisotopic (exact) mass is 546 g/mol. The summed E-state index contributed by atoms with van der Waals surface area (Å²) in [5.41, 5.74) is 0. The standard InChI is InChI=1S/C37H73N2/c1-4-7-10-13-16-19-20-22-25-28-31-34-39-36-35-38(33-30-27-24-21-17-14-11-8-5-2)37(39)32-29-26-23-18-15-12-9-6-3/h35-36H,4-34H2,1-3H3/q+1. The lowest BCUT2D eigenvalue weighted by atomic mass is 10.1. The number of hydrogen-bond acceptors (Lipinski definition) is 0. The summed E-state index contributed by atoms with van der Waals surface area (Å²) < 4.78 is 5.25. The van der Waals surface area contributed by atoms with Crippen LogP contribution in [-0.4, -0.2) is 4.57 Å². The highest BCUT2D eigenvalue weighted by Gasteiger charge is 2.16. The highest BCUT2D eigenvalue weighted by Crippen LogP contribution is 2.14. The lowest BCUT2D eigenvalue weighted by Crippen LogP contribution is -2.37. The number of aromatic nitrogens is 2. The molecular weight excluding hydrogens is 472 g/mol. The Bertz CT molecular complexity index is 605. The van der Waals surface area contributed by atoms with E-state index in [9.17, 15) is 0 Å². The van der Waals surface area contributed by atoms with Crippen molar-refractivity contribution in [3.05, 3.63) is 18.2 Å². The predicted octanol–water partition coefficient (Wildman–Crippen LogP) is 12.3. The Hall–Kier alpha value is -0.790. The number of imidazole rings is 1. The van der Waals surface area contributed by atoms with Gasteiger partial charge in [-0.1, -0.05) is 168 Å². The fraction of sp³-hybridized carbons (Fsp3) is 0.919. The van der Waals surface area contributed by atoms with Gasteiger partial charge in [-0.05, 0) is 32.1 Å². The quantitative estimate of drug-likeness (QED) is 0.0648. The number of unbranched alkanes of at least 4 members (excludes halogenated alkanes) is 25. The number of nitrogens with zero attached hydrogens (tertiary/aromatic N) is 2.